The molecule has 0 saturated carbocycles. The van der Waals surface area contributed by atoms with E-state index in [9.17, 15) is 5.26 Å². The van der Waals surface area contributed by atoms with Crippen LogP contribution >= 0.6 is 0 Å². The molecule has 0 radical (unpaired) electrons. The molecule has 0 amide bonds. The Balaban J connectivity index is 1.03. The Hall–Kier alpha value is -7.94. The molecule has 0 atom stereocenters. The van der Waals surface area contributed by atoms with E-state index in [1.54, 1.807) is 0 Å². The van der Waals surface area contributed by atoms with Crippen LogP contribution in [0.15, 0.2) is 194 Å². The van der Waals surface area contributed by atoms with Gasteiger partial charge in [-0.05, 0) is 87.0 Å². The van der Waals surface area contributed by atoms with Crippen molar-refractivity contribution in [2.45, 2.75) is 5.41 Å². The first-order valence-electron chi connectivity index (χ1n) is 19.3. The maximum absolute atomic E-state index is 10.0. The number of rotatable bonds is 5. The number of hydrogen-bond acceptors (Lipinski definition) is 5. The van der Waals surface area contributed by atoms with Crippen LogP contribution in [0.2, 0.25) is 0 Å². The Labute approximate surface area is 336 Å². The number of para-hydroxylation sites is 2. The molecule has 2 heterocycles. The second kappa shape index (κ2) is 13.4. The molecule has 58 heavy (non-hydrogen) atoms. The van der Waals surface area contributed by atoms with Gasteiger partial charge in [-0.15, -0.1) is 0 Å². The molecule has 270 valence electrons. The minimum atomic E-state index is -0.597. The second-order valence-electron chi connectivity index (χ2n) is 14.7. The van der Waals surface area contributed by atoms with Gasteiger partial charge >= 0.3 is 0 Å². The fourth-order valence-electron chi connectivity index (χ4n) is 8.81. The van der Waals surface area contributed by atoms with Crippen molar-refractivity contribution >= 4 is 0 Å². The normalized spacial score (nSPS) is 12.7. The molecule has 1 aliphatic carbocycles. The van der Waals surface area contributed by atoms with Crippen molar-refractivity contribution in [1.29, 1.82) is 5.26 Å². The summed E-state index contributed by atoms with van der Waals surface area (Å²) < 4.78 is 6.51. The predicted octanol–water partition coefficient (Wildman–Crippen LogP) is 12.5. The van der Waals surface area contributed by atoms with E-state index in [1.165, 1.54) is 5.56 Å². The monoisotopic (exact) mass is 740 g/mol. The summed E-state index contributed by atoms with van der Waals surface area (Å²) in [5, 5.41) is 10.0. The minimum absolute atomic E-state index is 0.597. The standard InChI is InChI=1S/C53H32N4O/c54-33-34-25-27-44-42(29-34)43-32-40(26-28-45(43)53(44)46-21-7-9-23-48(46)58-49-24-10-8-22-47(49)53)38-18-11-17-37(30-38)39-19-12-20-41(31-39)52-56-50(35-13-3-1-4-14-35)55-51(57-52)36-15-5-2-6-16-36/h1-32H. The minimum Gasteiger partial charge on any atom is -0.457 e. The molecule has 1 aromatic heterocycles. The highest BCUT2D eigenvalue weighted by Crippen LogP contribution is 2.62. The molecule has 0 unspecified atom stereocenters. The van der Waals surface area contributed by atoms with E-state index in [2.05, 4.69) is 115 Å². The molecule has 0 saturated heterocycles. The summed E-state index contributed by atoms with van der Waals surface area (Å²) in [4.78, 5) is 14.8. The molecule has 0 fully saturated rings. The summed E-state index contributed by atoms with van der Waals surface area (Å²) in [6.45, 7) is 0. The van der Waals surface area contributed by atoms with Crippen molar-refractivity contribution in [1.82, 2.24) is 15.0 Å². The number of aromatic nitrogens is 3. The molecule has 11 rings (SSSR count). The lowest BCUT2D eigenvalue weighted by atomic mass is 9.66. The van der Waals surface area contributed by atoms with Gasteiger partial charge in [0.1, 0.15) is 11.5 Å². The molecular formula is C53H32N4O. The quantitative estimate of drug-likeness (QED) is 0.176. The summed E-state index contributed by atoms with van der Waals surface area (Å²) in [5.41, 5.74) is 13.8. The number of fused-ring (bicyclic) bond motifs is 9. The van der Waals surface area contributed by atoms with Gasteiger partial charge < -0.3 is 4.74 Å². The first-order valence-corrected chi connectivity index (χ1v) is 19.3. The van der Waals surface area contributed by atoms with Gasteiger partial charge in [-0.2, -0.15) is 5.26 Å². The zero-order valence-corrected chi connectivity index (χ0v) is 31.2. The van der Waals surface area contributed by atoms with Gasteiger partial charge in [0.05, 0.1) is 17.0 Å². The first kappa shape index (κ1) is 33.4. The van der Waals surface area contributed by atoms with Crippen molar-refractivity contribution in [2.75, 3.05) is 0 Å². The zero-order chi connectivity index (χ0) is 38.6. The largest absolute Gasteiger partial charge is 0.457 e. The number of nitrogens with zero attached hydrogens (tertiary/aromatic N) is 4. The Morgan fingerprint density at radius 2 is 0.793 bits per heavy atom. The highest BCUT2D eigenvalue weighted by molar-refractivity contribution is 5.91. The Bertz CT molecular complexity index is 3010. The maximum atomic E-state index is 10.0. The summed E-state index contributed by atoms with van der Waals surface area (Å²) in [6.07, 6.45) is 0. The molecule has 5 heteroatoms. The Morgan fingerprint density at radius 1 is 0.362 bits per heavy atom. The van der Waals surface area contributed by atoms with Crippen molar-refractivity contribution in [3.8, 4) is 85.1 Å². The van der Waals surface area contributed by atoms with Crippen LogP contribution < -0.4 is 4.74 Å². The van der Waals surface area contributed by atoms with Gasteiger partial charge in [-0.1, -0.05) is 152 Å². The molecular weight excluding hydrogens is 709 g/mol. The molecule has 9 aromatic rings. The van der Waals surface area contributed by atoms with Gasteiger partial charge in [0, 0.05) is 27.8 Å². The van der Waals surface area contributed by atoms with E-state index in [4.69, 9.17) is 19.7 Å². The van der Waals surface area contributed by atoms with Crippen LogP contribution in [0, 0.1) is 11.3 Å². The van der Waals surface area contributed by atoms with Crippen molar-refractivity contribution in [2.24, 2.45) is 0 Å². The summed E-state index contributed by atoms with van der Waals surface area (Å²) >= 11 is 0. The van der Waals surface area contributed by atoms with E-state index in [1.807, 2.05) is 84.9 Å². The van der Waals surface area contributed by atoms with Gasteiger partial charge in [0.15, 0.2) is 17.5 Å². The van der Waals surface area contributed by atoms with Crippen molar-refractivity contribution in [3.63, 3.8) is 0 Å². The van der Waals surface area contributed by atoms with Crippen molar-refractivity contribution < 1.29 is 4.74 Å². The topological polar surface area (TPSA) is 71.7 Å². The van der Waals surface area contributed by atoms with Gasteiger partial charge in [0.25, 0.3) is 0 Å². The van der Waals surface area contributed by atoms with Crippen LogP contribution in [-0.4, -0.2) is 15.0 Å². The molecule has 2 aliphatic rings. The highest BCUT2D eigenvalue weighted by atomic mass is 16.5. The van der Waals surface area contributed by atoms with E-state index < -0.39 is 5.41 Å². The van der Waals surface area contributed by atoms with Crippen LogP contribution in [0.25, 0.3) is 67.5 Å². The lowest BCUT2D eigenvalue weighted by Crippen LogP contribution is -2.32. The molecule has 1 spiro atoms. The SMILES string of the molecule is N#Cc1ccc2c(c1)-c1cc(-c3cccc(-c4cccc(-c5nc(-c6ccccc6)nc(-c6ccccc6)n5)c4)c3)ccc1C21c2ccccc2Oc2ccccc21. The number of nitriles is 1. The number of hydrogen-bond donors (Lipinski definition) is 0. The highest BCUT2D eigenvalue weighted by Gasteiger charge is 2.51. The zero-order valence-electron chi connectivity index (χ0n) is 31.2. The third-order valence-corrected chi connectivity index (χ3v) is 11.4. The molecule has 5 nitrogen and oxygen atoms in total. The van der Waals surface area contributed by atoms with E-state index >= 15 is 0 Å². The van der Waals surface area contributed by atoms with E-state index in [0.29, 0.717) is 23.0 Å². The van der Waals surface area contributed by atoms with Crippen LogP contribution in [0.5, 0.6) is 11.5 Å². The third-order valence-electron chi connectivity index (χ3n) is 11.4. The third kappa shape index (κ3) is 5.27. The Morgan fingerprint density at radius 3 is 1.36 bits per heavy atom. The predicted molar refractivity (Wildman–Crippen MR) is 229 cm³/mol. The summed E-state index contributed by atoms with van der Waals surface area (Å²) in [7, 11) is 0. The second-order valence-corrected chi connectivity index (χ2v) is 14.7. The maximum Gasteiger partial charge on any atom is 0.164 e. The van der Waals surface area contributed by atoms with Gasteiger partial charge in [0.2, 0.25) is 0 Å². The number of ether oxygens (including phenoxy) is 1. The van der Waals surface area contributed by atoms with Gasteiger partial charge in [-0.3, -0.25) is 0 Å². The van der Waals surface area contributed by atoms with Crippen LogP contribution in [0.3, 0.4) is 0 Å². The fourth-order valence-corrected chi connectivity index (χ4v) is 8.81. The lowest BCUT2D eigenvalue weighted by molar-refractivity contribution is 0.436. The summed E-state index contributed by atoms with van der Waals surface area (Å²) in [6, 6.07) is 69.1. The first-order chi connectivity index (χ1) is 28.7. The van der Waals surface area contributed by atoms with Crippen LogP contribution in [0.1, 0.15) is 27.8 Å². The molecule has 1 aliphatic heterocycles. The summed E-state index contributed by atoms with van der Waals surface area (Å²) in [5.74, 6) is 3.56. The number of benzene rings is 8. The van der Waals surface area contributed by atoms with Crippen molar-refractivity contribution in [3.05, 3.63) is 222 Å². The van der Waals surface area contributed by atoms with E-state index in [-0.39, 0.29) is 0 Å². The van der Waals surface area contributed by atoms with Gasteiger partial charge in [-0.25, -0.2) is 15.0 Å². The lowest BCUT2D eigenvalue weighted by Gasteiger charge is -2.39. The molecule has 8 aromatic carbocycles. The Kier molecular flexibility index (Phi) is 7.70. The van der Waals surface area contributed by atoms with E-state index in [0.717, 1.165) is 78.3 Å². The van der Waals surface area contributed by atoms with Crippen LogP contribution in [-0.2, 0) is 5.41 Å². The molecule has 0 N–H and O–H groups in total. The smallest absolute Gasteiger partial charge is 0.164 e. The average Bonchev–Trinajstić information content (AvgIpc) is 3.58. The van der Waals surface area contributed by atoms with Crippen LogP contribution in [0.4, 0.5) is 0 Å². The molecule has 0 bridgehead atoms. The fraction of sp³-hybridized carbons (Fsp3) is 0.0189. The average molecular weight is 741 g/mol.